The molecule has 3 rings (SSSR count). The van der Waals surface area contributed by atoms with E-state index >= 15 is 0 Å². The lowest BCUT2D eigenvalue weighted by atomic mass is 9.93. The fourth-order valence-electron chi connectivity index (χ4n) is 2.95. The number of nitrogens with zero attached hydrogens (tertiary/aromatic N) is 3. The van der Waals surface area contributed by atoms with Gasteiger partial charge in [0.1, 0.15) is 19.0 Å². The number of benzene rings is 1. The Morgan fingerprint density at radius 2 is 2.16 bits per heavy atom. The predicted molar refractivity (Wildman–Crippen MR) is 99.6 cm³/mol. The predicted octanol–water partition coefficient (Wildman–Crippen LogP) is 3.17. The summed E-state index contributed by atoms with van der Waals surface area (Å²) >= 11 is 1.75. The molecule has 0 amide bonds. The minimum absolute atomic E-state index is 0.309. The molecular weight excluding hydrogens is 336 g/mol. The summed E-state index contributed by atoms with van der Waals surface area (Å²) in [6, 6.07) is 7.66. The number of aryl methyl sites for hydroxylation is 1. The largest absolute Gasteiger partial charge is 0.461 e. The summed E-state index contributed by atoms with van der Waals surface area (Å²) in [6.07, 6.45) is 1.49. The number of aromatic nitrogens is 3. The first-order valence-corrected chi connectivity index (χ1v) is 9.46. The van der Waals surface area contributed by atoms with E-state index in [1.807, 2.05) is 38.1 Å². The van der Waals surface area contributed by atoms with E-state index in [0.717, 1.165) is 28.3 Å². The Morgan fingerprint density at radius 1 is 1.36 bits per heavy atom. The van der Waals surface area contributed by atoms with Crippen LogP contribution in [0.1, 0.15) is 31.0 Å². The van der Waals surface area contributed by atoms with Crippen LogP contribution in [0.4, 0.5) is 5.95 Å². The first-order valence-electron chi connectivity index (χ1n) is 8.31. The summed E-state index contributed by atoms with van der Waals surface area (Å²) in [7, 11) is 0. The molecule has 1 aliphatic heterocycles. The average Bonchev–Trinajstić information content (AvgIpc) is 3.06. The van der Waals surface area contributed by atoms with Gasteiger partial charge in [-0.25, -0.2) is 9.48 Å². The van der Waals surface area contributed by atoms with Crippen LogP contribution in [0.3, 0.4) is 0 Å². The second kappa shape index (κ2) is 7.74. The number of esters is 1. The monoisotopic (exact) mass is 358 g/mol. The molecular formula is C18H22N4O2S. The highest BCUT2D eigenvalue weighted by molar-refractivity contribution is 7.99. The molecule has 132 valence electrons. The highest BCUT2D eigenvalue weighted by Gasteiger charge is 2.34. The van der Waals surface area contributed by atoms with Crippen molar-refractivity contribution in [2.24, 2.45) is 0 Å². The van der Waals surface area contributed by atoms with Crippen LogP contribution in [0.15, 0.2) is 41.9 Å². The van der Waals surface area contributed by atoms with Crippen LogP contribution in [0, 0.1) is 6.92 Å². The molecule has 0 fully saturated rings. The van der Waals surface area contributed by atoms with E-state index < -0.39 is 0 Å². The van der Waals surface area contributed by atoms with E-state index in [-0.39, 0.29) is 12.0 Å². The summed E-state index contributed by atoms with van der Waals surface area (Å²) in [5, 5.41) is 7.48. The number of carbonyl (C=O) groups is 1. The number of hydrogen-bond donors (Lipinski definition) is 1. The van der Waals surface area contributed by atoms with Gasteiger partial charge in [-0.15, -0.1) is 0 Å². The van der Waals surface area contributed by atoms with Gasteiger partial charge < -0.3 is 10.1 Å². The molecule has 1 N–H and O–H groups in total. The Balaban J connectivity index is 1.96. The van der Waals surface area contributed by atoms with Crippen LogP contribution in [0.25, 0.3) is 0 Å². The Kier molecular flexibility index (Phi) is 5.43. The number of thioether (sulfide) groups is 1. The van der Waals surface area contributed by atoms with Gasteiger partial charge in [-0.3, -0.25) is 0 Å². The second-order valence-electron chi connectivity index (χ2n) is 5.78. The molecule has 1 aromatic heterocycles. The molecule has 6 nitrogen and oxygen atoms in total. The van der Waals surface area contributed by atoms with Crippen LogP contribution in [0.2, 0.25) is 0 Å². The number of allylic oxidation sites excluding steroid dienone is 1. The van der Waals surface area contributed by atoms with E-state index in [2.05, 4.69) is 22.3 Å². The van der Waals surface area contributed by atoms with Crippen LogP contribution < -0.4 is 5.32 Å². The van der Waals surface area contributed by atoms with Crippen molar-refractivity contribution in [2.45, 2.75) is 26.8 Å². The summed E-state index contributed by atoms with van der Waals surface area (Å²) < 4.78 is 7.26. The van der Waals surface area contributed by atoms with Crippen molar-refractivity contribution in [3.63, 3.8) is 0 Å². The van der Waals surface area contributed by atoms with E-state index in [4.69, 9.17) is 4.74 Å². The second-order valence-corrected chi connectivity index (χ2v) is 7.18. The third kappa shape index (κ3) is 3.56. The molecule has 1 aromatic carbocycles. The van der Waals surface area contributed by atoms with Crippen molar-refractivity contribution in [1.82, 2.24) is 14.8 Å². The van der Waals surface area contributed by atoms with Gasteiger partial charge >= 0.3 is 5.97 Å². The lowest BCUT2D eigenvalue weighted by Gasteiger charge is -2.29. The SMILES string of the molecule is CCSCCOC(=O)C1=C(C)Nc2ncnn2[C@H]1c1ccccc1C. The molecule has 0 saturated heterocycles. The number of hydrogen-bond acceptors (Lipinski definition) is 6. The molecule has 0 spiro atoms. The smallest absolute Gasteiger partial charge is 0.338 e. The van der Waals surface area contributed by atoms with Gasteiger partial charge in [-0.2, -0.15) is 21.8 Å². The summed E-state index contributed by atoms with van der Waals surface area (Å²) in [4.78, 5) is 17.1. The normalized spacial score (nSPS) is 16.4. The summed E-state index contributed by atoms with van der Waals surface area (Å²) in [5.74, 6) is 2.13. The molecule has 2 heterocycles. The molecule has 1 atom stereocenters. The molecule has 0 radical (unpaired) electrons. The molecule has 0 saturated carbocycles. The van der Waals surface area contributed by atoms with Gasteiger partial charge in [-0.1, -0.05) is 31.2 Å². The summed E-state index contributed by atoms with van der Waals surface area (Å²) in [6.45, 7) is 6.40. The van der Waals surface area contributed by atoms with Crippen molar-refractivity contribution in [1.29, 1.82) is 0 Å². The van der Waals surface area contributed by atoms with Crippen molar-refractivity contribution >= 4 is 23.7 Å². The average molecular weight is 358 g/mol. The number of fused-ring (bicyclic) bond motifs is 1. The lowest BCUT2D eigenvalue weighted by molar-refractivity contribution is -0.138. The zero-order chi connectivity index (χ0) is 17.8. The van der Waals surface area contributed by atoms with E-state index in [0.29, 0.717) is 18.1 Å². The number of nitrogens with one attached hydrogen (secondary N) is 1. The van der Waals surface area contributed by atoms with Crippen molar-refractivity contribution in [3.8, 4) is 0 Å². The zero-order valence-corrected chi connectivity index (χ0v) is 15.5. The molecule has 2 aromatic rings. The van der Waals surface area contributed by atoms with Gasteiger partial charge in [0.2, 0.25) is 5.95 Å². The Bertz CT molecular complexity index is 800. The Hall–Kier alpha value is -2.28. The standard InChI is InChI=1S/C18H22N4O2S/c1-4-25-10-9-24-17(23)15-13(3)21-18-19-11-20-22(18)16(15)14-8-6-5-7-12(14)2/h5-8,11,16H,4,9-10H2,1-3H3,(H,19,20,21)/t16-/m0/s1. The van der Waals surface area contributed by atoms with Crippen molar-refractivity contribution < 1.29 is 9.53 Å². The van der Waals surface area contributed by atoms with Crippen LogP contribution in [-0.2, 0) is 9.53 Å². The van der Waals surface area contributed by atoms with Crippen LogP contribution >= 0.6 is 11.8 Å². The van der Waals surface area contributed by atoms with Gasteiger partial charge in [0.05, 0.1) is 5.57 Å². The topological polar surface area (TPSA) is 69.0 Å². The minimum atomic E-state index is -0.341. The maximum absolute atomic E-state index is 12.8. The Morgan fingerprint density at radius 3 is 2.92 bits per heavy atom. The molecule has 7 heteroatoms. The van der Waals surface area contributed by atoms with Gasteiger partial charge in [0.15, 0.2) is 0 Å². The Labute approximate surface area is 151 Å². The third-order valence-electron chi connectivity index (χ3n) is 4.16. The minimum Gasteiger partial charge on any atom is -0.461 e. The zero-order valence-electron chi connectivity index (χ0n) is 14.7. The molecule has 0 bridgehead atoms. The number of ether oxygens (including phenoxy) is 1. The van der Waals surface area contributed by atoms with Crippen molar-refractivity contribution in [2.75, 3.05) is 23.4 Å². The van der Waals surface area contributed by atoms with Gasteiger partial charge in [0, 0.05) is 11.4 Å². The molecule has 0 unspecified atom stereocenters. The van der Waals surface area contributed by atoms with E-state index in [1.54, 1.807) is 16.4 Å². The van der Waals surface area contributed by atoms with Gasteiger partial charge in [0.25, 0.3) is 0 Å². The van der Waals surface area contributed by atoms with Crippen molar-refractivity contribution in [3.05, 3.63) is 53.0 Å². The van der Waals surface area contributed by atoms with Crippen LogP contribution in [-0.4, -0.2) is 38.8 Å². The summed E-state index contributed by atoms with van der Waals surface area (Å²) in [5.41, 5.74) is 3.44. The van der Waals surface area contributed by atoms with Crippen LogP contribution in [0.5, 0.6) is 0 Å². The third-order valence-corrected chi connectivity index (χ3v) is 5.03. The number of rotatable bonds is 6. The highest BCUT2D eigenvalue weighted by Crippen LogP contribution is 2.36. The quantitative estimate of drug-likeness (QED) is 0.632. The number of anilines is 1. The van der Waals surface area contributed by atoms with E-state index in [9.17, 15) is 4.79 Å². The highest BCUT2D eigenvalue weighted by atomic mass is 32.2. The molecule has 1 aliphatic rings. The molecule has 25 heavy (non-hydrogen) atoms. The maximum atomic E-state index is 12.8. The van der Waals surface area contributed by atoms with Gasteiger partial charge in [-0.05, 0) is 30.7 Å². The fourth-order valence-corrected chi connectivity index (χ4v) is 3.44. The first kappa shape index (κ1) is 17.5. The molecule has 0 aliphatic carbocycles. The number of carbonyl (C=O) groups excluding carboxylic acids is 1. The first-order chi connectivity index (χ1) is 12.1. The van der Waals surface area contributed by atoms with E-state index in [1.165, 1.54) is 6.33 Å². The lowest BCUT2D eigenvalue weighted by Crippen LogP contribution is -2.30. The fraction of sp³-hybridized carbons (Fsp3) is 0.389. The maximum Gasteiger partial charge on any atom is 0.338 e.